The standard InChI is InChI=1S/C17H20BrNO/c1-3-15(19)17(13-8-6-7-12(2)11-13)20-16-10-5-4-9-14(16)18/h4-11,15,17H,3,19H2,1-2H3. The fourth-order valence-corrected chi connectivity index (χ4v) is 2.52. The molecule has 0 saturated heterocycles. The van der Waals surface area contributed by atoms with Crippen LogP contribution in [0.2, 0.25) is 0 Å². The molecule has 0 aliphatic carbocycles. The predicted octanol–water partition coefficient (Wildman–Crippen LogP) is 4.61. The fourth-order valence-electron chi connectivity index (χ4n) is 2.14. The van der Waals surface area contributed by atoms with Crippen LogP contribution in [0.3, 0.4) is 0 Å². The van der Waals surface area contributed by atoms with Gasteiger partial charge in [-0.2, -0.15) is 0 Å². The van der Waals surface area contributed by atoms with E-state index in [1.807, 2.05) is 30.3 Å². The van der Waals surface area contributed by atoms with Gasteiger partial charge >= 0.3 is 0 Å². The van der Waals surface area contributed by atoms with Crippen LogP contribution in [0.1, 0.15) is 30.6 Å². The van der Waals surface area contributed by atoms with Crippen LogP contribution in [-0.4, -0.2) is 6.04 Å². The molecule has 2 rings (SSSR count). The number of aryl methyl sites for hydroxylation is 1. The van der Waals surface area contributed by atoms with Gasteiger partial charge in [-0.05, 0) is 47.0 Å². The van der Waals surface area contributed by atoms with Gasteiger partial charge in [0.05, 0.1) is 4.47 Å². The minimum Gasteiger partial charge on any atom is -0.483 e. The third-order valence-corrected chi connectivity index (χ3v) is 3.98. The monoisotopic (exact) mass is 333 g/mol. The van der Waals surface area contributed by atoms with E-state index < -0.39 is 0 Å². The summed E-state index contributed by atoms with van der Waals surface area (Å²) in [4.78, 5) is 0. The number of para-hydroxylation sites is 1. The van der Waals surface area contributed by atoms with Crippen LogP contribution in [0, 0.1) is 6.92 Å². The number of rotatable bonds is 5. The van der Waals surface area contributed by atoms with Crippen molar-refractivity contribution < 1.29 is 4.74 Å². The van der Waals surface area contributed by atoms with Crippen molar-refractivity contribution in [1.82, 2.24) is 0 Å². The van der Waals surface area contributed by atoms with Crippen LogP contribution >= 0.6 is 15.9 Å². The molecule has 2 aromatic carbocycles. The van der Waals surface area contributed by atoms with Gasteiger partial charge in [0.1, 0.15) is 11.9 Å². The van der Waals surface area contributed by atoms with E-state index in [-0.39, 0.29) is 12.1 Å². The van der Waals surface area contributed by atoms with Crippen molar-refractivity contribution in [1.29, 1.82) is 0 Å². The maximum Gasteiger partial charge on any atom is 0.139 e. The second-order valence-corrected chi connectivity index (χ2v) is 5.81. The second kappa shape index (κ2) is 6.91. The molecular formula is C17H20BrNO. The number of halogens is 1. The first-order valence-electron chi connectivity index (χ1n) is 6.85. The lowest BCUT2D eigenvalue weighted by atomic mass is 9.99. The highest BCUT2D eigenvalue weighted by molar-refractivity contribution is 9.10. The molecule has 0 radical (unpaired) electrons. The van der Waals surface area contributed by atoms with Gasteiger partial charge in [0.15, 0.2) is 0 Å². The Hall–Kier alpha value is -1.32. The van der Waals surface area contributed by atoms with Gasteiger partial charge in [-0.3, -0.25) is 0 Å². The zero-order valence-electron chi connectivity index (χ0n) is 11.8. The Morgan fingerprint density at radius 1 is 1.15 bits per heavy atom. The van der Waals surface area contributed by atoms with Crippen LogP contribution in [-0.2, 0) is 0 Å². The molecule has 2 atom stereocenters. The smallest absolute Gasteiger partial charge is 0.139 e. The molecule has 0 aliphatic rings. The van der Waals surface area contributed by atoms with Crippen molar-refractivity contribution >= 4 is 15.9 Å². The van der Waals surface area contributed by atoms with Crippen LogP contribution in [0.25, 0.3) is 0 Å². The Kier molecular flexibility index (Phi) is 5.21. The molecule has 0 fully saturated rings. The average molecular weight is 334 g/mol. The van der Waals surface area contributed by atoms with E-state index in [4.69, 9.17) is 10.5 Å². The molecule has 2 unspecified atom stereocenters. The molecule has 3 heteroatoms. The maximum atomic E-state index is 6.26. The van der Waals surface area contributed by atoms with Crippen LogP contribution < -0.4 is 10.5 Å². The Morgan fingerprint density at radius 3 is 2.55 bits per heavy atom. The van der Waals surface area contributed by atoms with Crippen molar-refractivity contribution in [3.63, 3.8) is 0 Å². The van der Waals surface area contributed by atoms with Crippen LogP contribution in [0.15, 0.2) is 53.0 Å². The largest absolute Gasteiger partial charge is 0.483 e. The number of nitrogens with two attached hydrogens (primary N) is 1. The van der Waals surface area contributed by atoms with Gasteiger partial charge < -0.3 is 10.5 Å². The van der Waals surface area contributed by atoms with Crippen molar-refractivity contribution in [3.8, 4) is 5.75 Å². The first kappa shape index (κ1) is 15.1. The quantitative estimate of drug-likeness (QED) is 0.866. The third kappa shape index (κ3) is 3.62. The lowest BCUT2D eigenvalue weighted by Gasteiger charge is -2.25. The normalized spacial score (nSPS) is 13.8. The van der Waals surface area contributed by atoms with E-state index >= 15 is 0 Å². The molecule has 20 heavy (non-hydrogen) atoms. The highest BCUT2D eigenvalue weighted by Crippen LogP contribution is 2.31. The molecule has 0 aromatic heterocycles. The Bertz CT molecular complexity index is 570. The van der Waals surface area contributed by atoms with E-state index in [1.54, 1.807) is 0 Å². The van der Waals surface area contributed by atoms with E-state index in [2.05, 4.69) is 48.0 Å². The van der Waals surface area contributed by atoms with Crippen molar-refractivity contribution in [3.05, 3.63) is 64.1 Å². The van der Waals surface area contributed by atoms with E-state index in [0.29, 0.717) is 0 Å². The average Bonchev–Trinajstić information content (AvgIpc) is 2.45. The first-order chi connectivity index (χ1) is 9.61. The molecule has 0 bridgehead atoms. The molecule has 0 heterocycles. The lowest BCUT2D eigenvalue weighted by molar-refractivity contribution is 0.170. The minimum absolute atomic E-state index is 0.0380. The van der Waals surface area contributed by atoms with Crippen LogP contribution in [0.4, 0.5) is 0 Å². The van der Waals surface area contributed by atoms with Gasteiger partial charge in [-0.15, -0.1) is 0 Å². The molecule has 0 amide bonds. The van der Waals surface area contributed by atoms with E-state index in [0.717, 1.165) is 22.2 Å². The summed E-state index contributed by atoms with van der Waals surface area (Å²) in [5, 5.41) is 0. The number of benzene rings is 2. The molecule has 0 saturated carbocycles. The fraction of sp³-hybridized carbons (Fsp3) is 0.294. The summed E-state index contributed by atoms with van der Waals surface area (Å²) in [5.74, 6) is 0.822. The van der Waals surface area contributed by atoms with Gasteiger partial charge in [-0.25, -0.2) is 0 Å². The number of hydrogen-bond acceptors (Lipinski definition) is 2. The van der Waals surface area contributed by atoms with Gasteiger partial charge in [0.25, 0.3) is 0 Å². The maximum absolute atomic E-state index is 6.26. The Labute approximate surface area is 129 Å². The predicted molar refractivity (Wildman–Crippen MR) is 87.0 cm³/mol. The molecule has 2 aromatic rings. The Balaban J connectivity index is 2.31. The minimum atomic E-state index is -0.140. The zero-order chi connectivity index (χ0) is 14.5. The summed E-state index contributed by atoms with van der Waals surface area (Å²) >= 11 is 3.52. The van der Waals surface area contributed by atoms with Gasteiger partial charge in [0, 0.05) is 6.04 Å². The first-order valence-corrected chi connectivity index (χ1v) is 7.64. The van der Waals surface area contributed by atoms with E-state index in [1.165, 1.54) is 5.56 Å². The van der Waals surface area contributed by atoms with Gasteiger partial charge in [0.2, 0.25) is 0 Å². The summed E-state index contributed by atoms with van der Waals surface area (Å²) in [5.41, 5.74) is 8.59. The SMILES string of the molecule is CCC(N)C(Oc1ccccc1Br)c1cccc(C)c1. The summed E-state index contributed by atoms with van der Waals surface area (Å²) in [6.45, 7) is 4.16. The molecular weight excluding hydrogens is 314 g/mol. The molecule has 0 aliphatic heterocycles. The van der Waals surface area contributed by atoms with Gasteiger partial charge in [-0.1, -0.05) is 48.9 Å². The second-order valence-electron chi connectivity index (χ2n) is 4.96. The summed E-state index contributed by atoms with van der Waals surface area (Å²) in [6, 6.07) is 16.2. The molecule has 0 spiro atoms. The highest BCUT2D eigenvalue weighted by atomic mass is 79.9. The molecule has 106 valence electrons. The van der Waals surface area contributed by atoms with Crippen molar-refractivity contribution in [2.24, 2.45) is 5.73 Å². The summed E-state index contributed by atoms with van der Waals surface area (Å²) < 4.78 is 7.11. The summed E-state index contributed by atoms with van der Waals surface area (Å²) in [7, 11) is 0. The third-order valence-electron chi connectivity index (χ3n) is 3.32. The number of hydrogen-bond donors (Lipinski definition) is 1. The Morgan fingerprint density at radius 2 is 1.90 bits per heavy atom. The van der Waals surface area contributed by atoms with Crippen molar-refractivity contribution in [2.45, 2.75) is 32.4 Å². The topological polar surface area (TPSA) is 35.2 Å². The molecule has 2 N–H and O–H groups in total. The zero-order valence-corrected chi connectivity index (χ0v) is 13.4. The van der Waals surface area contributed by atoms with E-state index in [9.17, 15) is 0 Å². The lowest BCUT2D eigenvalue weighted by Crippen LogP contribution is -2.31. The van der Waals surface area contributed by atoms with Crippen LogP contribution in [0.5, 0.6) is 5.75 Å². The highest BCUT2D eigenvalue weighted by Gasteiger charge is 2.21. The summed E-state index contributed by atoms with van der Waals surface area (Å²) in [6.07, 6.45) is 0.724. The van der Waals surface area contributed by atoms with Crippen molar-refractivity contribution in [2.75, 3.05) is 0 Å². The number of ether oxygens (including phenoxy) is 1. The molecule has 2 nitrogen and oxygen atoms in total.